The third-order valence-corrected chi connectivity index (χ3v) is 6.28. The standard InChI is InChI=1S/C27H24ClFN4O4/c1-32(2)13-24(34)33(3)21-8-6-17(12-19(21)29)30-26(15-4-9-22-23(10-15)37-14-36-22)25-18-7-5-16(28)11-20(18)31-27(25)35/h4-12,30H,13-14H2,1-3H3,(H,31,35). The molecule has 0 aromatic heterocycles. The van der Waals surface area contributed by atoms with E-state index in [4.69, 9.17) is 21.1 Å². The van der Waals surface area contributed by atoms with E-state index in [9.17, 15) is 9.59 Å². The van der Waals surface area contributed by atoms with Crippen molar-refractivity contribution in [1.29, 1.82) is 0 Å². The second-order valence-corrected chi connectivity index (χ2v) is 9.38. The van der Waals surface area contributed by atoms with Crippen molar-refractivity contribution in [3.8, 4) is 11.5 Å². The van der Waals surface area contributed by atoms with Crippen molar-refractivity contribution in [2.75, 3.05) is 50.0 Å². The van der Waals surface area contributed by atoms with Crippen LogP contribution in [0.5, 0.6) is 11.5 Å². The molecule has 190 valence electrons. The number of halogens is 2. The molecule has 2 amide bonds. The fourth-order valence-electron chi connectivity index (χ4n) is 4.24. The van der Waals surface area contributed by atoms with Crippen LogP contribution in [0, 0.1) is 5.82 Å². The van der Waals surface area contributed by atoms with Crippen molar-refractivity contribution in [2.45, 2.75) is 0 Å². The highest BCUT2D eigenvalue weighted by atomic mass is 35.5. The molecule has 2 aliphatic heterocycles. The van der Waals surface area contributed by atoms with E-state index in [2.05, 4.69) is 10.6 Å². The molecule has 0 spiro atoms. The third-order valence-electron chi connectivity index (χ3n) is 6.04. The lowest BCUT2D eigenvalue weighted by Gasteiger charge is -2.21. The van der Waals surface area contributed by atoms with Crippen LogP contribution in [-0.4, -0.2) is 51.2 Å². The van der Waals surface area contributed by atoms with Gasteiger partial charge in [0.25, 0.3) is 5.91 Å². The van der Waals surface area contributed by atoms with Crippen LogP contribution in [0.15, 0.2) is 54.6 Å². The minimum absolute atomic E-state index is 0.104. The van der Waals surface area contributed by atoms with Gasteiger partial charge in [0.2, 0.25) is 12.7 Å². The number of carbonyl (C=O) groups is 2. The average Bonchev–Trinajstić information content (AvgIpc) is 3.44. The summed E-state index contributed by atoms with van der Waals surface area (Å²) in [5.74, 6) is -0.0291. The van der Waals surface area contributed by atoms with Gasteiger partial charge < -0.3 is 29.9 Å². The molecule has 0 radical (unpaired) electrons. The lowest BCUT2D eigenvalue weighted by Crippen LogP contribution is -2.35. The Balaban J connectivity index is 1.56. The fourth-order valence-corrected chi connectivity index (χ4v) is 4.41. The summed E-state index contributed by atoms with van der Waals surface area (Å²) in [6.45, 7) is 0.251. The van der Waals surface area contributed by atoms with Crippen molar-refractivity contribution < 1.29 is 23.5 Å². The molecule has 2 aliphatic rings. The van der Waals surface area contributed by atoms with Crippen LogP contribution in [0.3, 0.4) is 0 Å². The molecule has 0 saturated carbocycles. The van der Waals surface area contributed by atoms with Gasteiger partial charge >= 0.3 is 0 Å². The zero-order valence-electron chi connectivity index (χ0n) is 20.4. The number of benzene rings is 3. The highest BCUT2D eigenvalue weighted by Crippen LogP contribution is 2.41. The van der Waals surface area contributed by atoms with Gasteiger partial charge in [-0.3, -0.25) is 9.59 Å². The van der Waals surface area contributed by atoms with E-state index in [1.807, 2.05) is 0 Å². The molecule has 5 rings (SSSR count). The molecule has 0 unspecified atom stereocenters. The summed E-state index contributed by atoms with van der Waals surface area (Å²) in [5, 5.41) is 6.55. The minimum atomic E-state index is -0.585. The molecule has 37 heavy (non-hydrogen) atoms. The van der Waals surface area contributed by atoms with Crippen LogP contribution in [0.25, 0.3) is 11.3 Å². The SMILES string of the molecule is CN(C)CC(=O)N(C)c1ccc(NC(=C2C(=O)Nc3cc(Cl)ccc32)c2ccc3c(c2)OCO3)cc1F. The second kappa shape index (κ2) is 9.76. The highest BCUT2D eigenvalue weighted by molar-refractivity contribution is 6.38. The summed E-state index contributed by atoms with van der Waals surface area (Å²) < 4.78 is 26.1. The first-order valence-electron chi connectivity index (χ1n) is 11.4. The lowest BCUT2D eigenvalue weighted by molar-refractivity contribution is -0.119. The third kappa shape index (κ3) is 4.83. The molecule has 0 aliphatic carbocycles. The fraction of sp³-hybridized carbons (Fsp3) is 0.185. The van der Waals surface area contributed by atoms with Gasteiger partial charge in [-0.25, -0.2) is 4.39 Å². The Bertz CT molecular complexity index is 1460. The van der Waals surface area contributed by atoms with Crippen molar-refractivity contribution in [1.82, 2.24) is 4.90 Å². The summed E-state index contributed by atoms with van der Waals surface area (Å²) in [7, 11) is 5.07. The first-order valence-corrected chi connectivity index (χ1v) is 11.8. The predicted molar refractivity (Wildman–Crippen MR) is 141 cm³/mol. The number of hydrogen-bond acceptors (Lipinski definition) is 6. The molecule has 2 N–H and O–H groups in total. The number of carbonyl (C=O) groups excluding carboxylic acids is 2. The molecule has 0 saturated heterocycles. The van der Waals surface area contributed by atoms with E-state index in [-0.39, 0.29) is 30.8 Å². The number of amides is 2. The summed E-state index contributed by atoms with van der Waals surface area (Å²) in [5.41, 5.74) is 3.23. The van der Waals surface area contributed by atoms with Crippen LogP contribution < -0.4 is 25.0 Å². The van der Waals surface area contributed by atoms with Gasteiger partial charge in [0.05, 0.1) is 29.2 Å². The summed E-state index contributed by atoms with van der Waals surface area (Å²) >= 11 is 6.13. The number of rotatable bonds is 6. The molecule has 0 fully saturated rings. The largest absolute Gasteiger partial charge is 0.454 e. The zero-order chi connectivity index (χ0) is 26.3. The smallest absolute Gasteiger partial charge is 0.258 e. The zero-order valence-corrected chi connectivity index (χ0v) is 21.1. The number of fused-ring (bicyclic) bond motifs is 2. The molecular formula is C27H24ClFN4O4. The number of hydrogen-bond donors (Lipinski definition) is 2. The Labute approximate surface area is 218 Å². The van der Waals surface area contributed by atoms with Gasteiger partial charge in [0, 0.05) is 28.9 Å². The lowest BCUT2D eigenvalue weighted by atomic mass is 9.99. The van der Waals surface area contributed by atoms with E-state index in [0.717, 1.165) is 0 Å². The van der Waals surface area contributed by atoms with Gasteiger partial charge in [-0.2, -0.15) is 0 Å². The van der Waals surface area contributed by atoms with Gasteiger partial charge in [0.15, 0.2) is 11.5 Å². The molecule has 10 heteroatoms. The van der Waals surface area contributed by atoms with Gasteiger partial charge in [-0.15, -0.1) is 0 Å². The maximum absolute atomic E-state index is 15.2. The Kier molecular flexibility index (Phi) is 6.49. The number of ether oxygens (including phenoxy) is 2. The van der Waals surface area contributed by atoms with Crippen molar-refractivity contribution in [3.05, 3.63) is 76.6 Å². The predicted octanol–water partition coefficient (Wildman–Crippen LogP) is 4.66. The highest BCUT2D eigenvalue weighted by Gasteiger charge is 2.29. The maximum atomic E-state index is 15.2. The first kappa shape index (κ1) is 24.6. The van der Waals surface area contributed by atoms with Crippen LogP contribution in [-0.2, 0) is 9.59 Å². The second-order valence-electron chi connectivity index (χ2n) is 8.94. The van der Waals surface area contributed by atoms with E-state index in [1.54, 1.807) is 61.5 Å². The number of anilines is 3. The quantitative estimate of drug-likeness (QED) is 0.458. The number of nitrogens with one attached hydrogen (secondary N) is 2. The van der Waals surface area contributed by atoms with Crippen molar-refractivity contribution in [3.63, 3.8) is 0 Å². The molecule has 3 aromatic carbocycles. The first-order chi connectivity index (χ1) is 17.7. The van der Waals surface area contributed by atoms with Crippen LogP contribution in [0.2, 0.25) is 5.02 Å². The van der Waals surface area contributed by atoms with E-state index in [0.29, 0.717) is 50.3 Å². The average molecular weight is 523 g/mol. The Hall–Kier alpha value is -4.08. The molecule has 0 atom stereocenters. The van der Waals surface area contributed by atoms with Crippen LogP contribution in [0.4, 0.5) is 21.5 Å². The Morgan fingerprint density at radius 1 is 1.05 bits per heavy atom. The summed E-state index contributed by atoms with van der Waals surface area (Å²) in [6, 6.07) is 14.9. The normalized spacial score (nSPS) is 14.9. The summed E-state index contributed by atoms with van der Waals surface area (Å²) in [4.78, 5) is 28.5. The van der Waals surface area contributed by atoms with Crippen molar-refractivity contribution in [2.24, 2.45) is 0 Å². The molecule has 3 aromatic rings. The van der Waals surface area contributed by atoms with E-state index >= 15 is 4.39 Å². The topological polar surface area (TPSA) is 83.1 Å². The van der Waals surface area contributed by atoms with Gasteiger partial charge in [-0.05, 0) is 62.6 Å². The molecular weight excluding hydrogens is 499 g/mol. The maximum Gasteiger partial charge on any atom is 0.258 e. The van der Waals surface area contributed by atoms with E-state index in [1.165, 1.54) is 24.1 Å². The Morgan fingerprint density at radius 3 is 2.59 bits per heavy atom. The molecule has 0 bridgehead atoms. The minimum Gasteiger partial charge on any atom is -0.454 e. The van der Waals surface area contributed by atoms with Gasteiger partial charge in [-0.1, -0.05) is 17.7 Å². The number of nitrogens with zero attached hydrogens (tertiary/aromatic N) is 2. The molecule has 8 nitrogen and oxygen atoms in total. The Morgan fingerprint density at radius 2 is 1.84 bits per heavy atom. The summed E-state index contributed by atoms with van der Waals surface area (Å²) in [6.07, 6.45) is 0. The van der Waals surface area contributed by atoms with E-state index < -0.39 is 5.82 Å². The molecule has 2 heterocycles. The van der Waals surface area contributed by atoms with Crippen LogP contribution in [0.1, 0.15) is 11.1 Å². The number of likely N-dealkylation sites (N-methyl/N-ethyl adjacent to an activating group) is 2. The van der Waals surface area contributed by atoms with Crippen LogP contribution >= 0.6 is 11.6 Å². The van der Waals surface area contributed by atoms with Crippen molar-refractivity contribution >= 4 is 51.7 Å². The monoisotopic (exact) mass is 522 g/mol. The van der Waals surface area contributed by atoms with Gasteiger partial charge in [0.1, 0.15) is 5.82 Å².